The number of carbonyl (C=O) groups excluding carboxylic acids is 2. The third-order valence-corrected chi connectivity index (χ3v) is 4.87. The molecule has 1 saturated carbocycles. The van der Waals surface area contributed by atoms with E-state index in [1.807, 2.05) is 25.6 Å². The quantitative estimate of drug-likeness (QED) is 0.550. The summed E-state index contributed by atoms with van der Waals surface area (Å²) in [4.78, 5) is 22.8. The molecule has 0 aliphatic heterocycles. The lowest BCUT2D eigenvalue weighted by Crippen LogP contribution is -2.25. The third kappa shape index (κ3) is 5.01. The highest BCUT2D eigenvalue weighted by Gasteiger charge is 2.28. The first-order chi connectivity index (χ1) is 8.45. The van der Waals surface area contributed by atoms with Gasteiger partial charge in [-0.05, 0) is 45.3 Å². The van der Waals surface area contributed by atoms with Gasteiger partial charge in [0.05, 0.1) is 12.5 Å². The predicted molar refractivity (Wildman–Crippen MR) is 74.8 cm³/mol. The smallest absolute Gasteiger partial charge is 0.311 e. The molecule has 18 heavy (non-hydrogen) atoms. The summed E-state index contributed by atoms with van der Waals surface area (Å²) >= 11 is 1.89. The molecule has 3 nitrogen and oxygen atoms in total. The van der Waals surface area contributed by atoms with Crippen molar-refractivity contribution < 1.29 is 14.3 Å². The molecule has 0 amide bonds. The van der Waals surface area contributed by atoms with Crippen LogP contribution in [0.25, 0.3) is 0 Å². The second kappa shape index (κ2) is 7.17. The Bertz CT molecular complexity index is 299. The maximum Gasteiger partial charge on any atom is 0.311 e. The lowest BCUT2D eigenvalue weighted by molar-refractivity contribution is -0.151. The second-order valence-corrected chi connectivity index (χ2v) is 7.02. The molecule has 1 aliphatic rings. The highest BCUT2D eigenvalue weighted by Crippen LogP contribution is 2.29. The van der Waals surface area contributed by atoms with E-state index in [2.05, 4.69) is 0 Å². The van der Waals surface area contributed by atoms with Gasteiger partial charge in [-0.3, -0.25) is 9.59 Å². The van der Waals surface area contributed by atoms with Crippen LogP contribution in [0.1, 0.15) is 52.4 Å². The summed E-state index contributed by atoms with van der Waals surface area (Å²) in [5.74, 6) is 1.30. The van der Waals surface area contributed by atoms with Crippen LogP contribution < -0.4 is 0 Å². The molecular formula is C14H24O3S. The number of thioether (sulfide) groups is 1. The Balaban J connectivity index is 2.18. The summed E-state index contributed by atoms with van der Waals surface area (Å²) < 4.78 is 4.79. The number of hydrogen-bond donors (Lipinski definition) is 0. The lowest BCUT2D eigenvalue weighted by atomic mass is 9.88. The van der Waals surface area contributed by atoms with E-state index >= 15 is 0 Å². The van der Waals surface area contributed by atoms with E-state index in [0.717, 1.165) is 44.3 Å². The molecule has 1 atom stereocenters. The van der Waals surface area contributed by atoms with Gasteiger partial charge in [0.25, 0.3) is 0 Å². The van der Waals surface area contributed by atoms with Crippen LogP contribution in [0.5, 0.6) is 0 Å². The maximum absolute atomic E-state index is 11.5. The summed E-state index contributed by atoms with van der Waals surface area (Å²) in [7, 11) is 1.44. The van der Waals surface area contributed by atoms with Gasteiger partial charge >= 0.3 is 5.97 Å². The number of Topliss-reactive ketones (excluding diaryl/α,β-unsaturated/α-hetero) is 1. The minimum absolute atomic E-state index is 0.139. The first-order valence-corrected chi connectivity index (χ1v) is 7.72. The van der Waals surface area contributed by atoms with E-state index in [4.69, 9.17) is 4.74 Å². The molecule has 104 valence electrons. The van der Waals surface area contributed by atoms with E-state index in [1.54, 1.807) is 0 Å². The van der Waals surface area contributed by atoms with Crippen LogP contribution in [0.2, 0.25) is 0 Å². The van der Waals surface area contributed by atoms with Crippen LogP contribution in [0, 0.1) is 5.41 Å². The van der Waals surface area contributed by atoms with Crippen LogP contribution in [0.4, 0.5) is 0 Å². The summed E-state index contributed by atoms with van der Waals surface area (Å²) in [5.41, 5.74) is -0.391. The third-order valence-electron chi connectivity index (χ3n) is 3.47. The number of ether oxygens (including phenoxy) is 1. The SMILES string of the molecule is COC(=O)C(C)(C)CCCSC1CCCC(=O)C1. The predicted octanol–water partition coefficient (Wildman–Crippen LogP) is 3.21. The first-order valence-electron chi connectivity index (χ1n) is 6.67. The van der Waals surface area contributed by atoms with Crippen molar-refractivity contribution in [3.8, 4) is 0 Å². The van der Waals surface area contributed by atoms with Crippen LogP contribution in [-0.4, -0.2) is 29.9 Å². The van der Waals surface area contributed by atoms with Crippen molar-refractivity contribution in [1.29, 1.82) is 0 Å². The van der Waals surface area contributed by atoms with Gasteiger partial charge in [0.1, 0.15) is 5.78 Å². The van der Waals surface area contributed by atoms with Gasteiger partial charge in [-0.1, -0.05) is 0 Å². The van der Waals surface area contributed by atoms with Gasteiger partial charge in [0.15, 0.2) is 0 Å². The van der Waals surface area contributed by atoms with E-state index in [1.165, 1.54) is 7.11 Å². The van der Waals surface area contributed by atoms with Crippen LogP contribution in [0.3, 0.4) is 0 Å². The largest absolute Gasteiger partial charge is 0.469 e. The average molecular weight is 272 g/mol. The Kier molecular flexibility index (Phi) is 6.19. The van der Waals surface area contributed by atoms with Gasteiger partial charge in [-0.2, -0.15) is 11.8 Å². The average Bonchev–Trinajstić information content (AvgIpc) is 2.33. The van der Waals surface area contributed by atoms with Gasteiger partial charge in [-0.25, -0.2) is 0 Å². The summed E-state index contributed by atoms with van der Waals surface area (Å²) in [6, 6.07) is 0. The fourth-order valence-corrected chi connectivity index (χ4v) is 3.55. The topological polar surface area (TPSA) is 43.4 Å². The molecule has 1 fully saturated rings. The van der Waals surface area contributed by atoms with E-state index in [0.29, 0.717) is 11.0 Å². The fourth-order valence-electron chi connectivity index (χ4n) is 2.27. The van der Waals surface area contributed by atoms with E-state index in [-0.39, 0.29) is 5.97 Å². The van der Waals surface area contributed by atoms with E-state index < -0.39 is 5.41 Å². The first kappa shape index (κ1) is 15.5. The number of rotatable bonds is 6. The number of ketones is 1. The second-order valence-electron chi connectivity index (χ2n) is 5.61. The summed E-state index contributed by atoms with van der Waals surface area (Å²) in [5, 5.41) is 0.507. The van der Waals surface area contributed by atoms with Crippen LogP contribution in [0.15, 0.2) is 0 Å². The minimum Gasteiger partial charge on any atom is -0.469 e. The van der Waals surface area contributed by atoms with Crippen molar-refractivity contribution >= 4 is 23.5 Å². The maximum atomic E-state index is 11.5. The van der Waals surface area contributed by atoms with Crippen molar-refractivity contribution in [3.05, 3.63) is 0 Å². The Morgan fingerprint density at radius 1 is 1.50 bits per heavy atom. The molecule has 1 aliphatic carbocycles. The van der Waals surface area contributed by atoms with Crippen molar-refractivity contribution in [2.24, 2.45) is 5.41 Å². The number of esters is 1. The normalized spacial score (nSPS) is 20.8. The fraction of sp³-hybridized carbons (Fsp3) is 0.857. The molecule has 1 rings (SSSR count). The highest BCUT2D eigenvalue weighted by molar-refractivity contribution is 7.99. The number of carbonyl (C=O) groups is 2. The molecule has 0 N–H and O–H groups in total. The zero-order valence-electron chi connectivity index (χ0n) is 11.7. The van der Waals surface area contributed by atoms with Gasteiger partial charge in [0.2, 0.25) is 0 Å². The Hall–Kier alpha value is -0.510. The van der Waals surface area contributed by atoms with Crippen LogP contribution in [-0.2, 0) is 14.3 Å². The van der Waals surface area contributed by atoms with Gasteiger partial charge < -0.3 is 4.74 Å². The number of methoxy groups -OCH3 is 1. The zero-order valence-corrected chi connectivity index (χ0v) is 12.5. The summed E-state index contributed by atoms with van der Waals surface area (Å²) in [6.45, 7) is 3.85. The van der Waals surface area contributed by atoms with E-state index in [9.17, 15) is 9.59 Å². The molecule has 0 bridgehead atoms. The Morgan fingerprint density at radius 2 is 2.22 bits per heavy atom. The lowest BCUT2D eigenvalue weighted by Gasteiger charge is -2.23. The Morgan fingerprint density at radius 3 is 2.83 bits per heavy atom. The molecule has 0 aromatic rings. The molecule has 1 unspecified atom stereocenters. The van der Waals surface area contributed by atoms with Gasteiger partial charge in [0, 0.05) is 18.1 Å². The molecule has 0 radical (unpaired) electrons. The molecule has 4 heteroatoms. The van der Waals surface area contributed by atoms with Crippen molar-refractivity contribution in [2.75, 3.05) is 12.9 Å². The van der Waals surface area contributed by atoms with Gasteiger partial charge in [-0.15, -0.1) is 0 Å². The van der Waals surface area contributed by atoms with Crippen LogP contribution >= 0.6 is 11.8 Å². The molecule has 0 aromatic heterocycles. The zero-order chi connectivity index (χ0) is 13.6. The highest BCUT2D eigenvalue weighted by atomic mass is 32.2. The standard InChI is InChI=1S/C14H24O3S/c1-14(2,13(16)17-3)8-5-9-18-12-7-4-6-11(15)10-12/h12H,4-10H2,1-3H3. The molecule has 0 spiro atoms. The summed E-state index contributed by atoms with van der Waals surface area (Å²) in [6.07, 6.45) is 5.56. The van der Waals surface area contributed by atoms with Crippen molar-refractivity contribution in [3.63, 3.8) is 0 Å². The minimum atomic E-state index is -0.391. The van der Waals surface area contributed by atoms with Crippen molar-refractivity contribution in [2.45, 2.75) is 57.6 Å². The molecule has 0 heterocycles. The molecule has 0 saturated heterocycles. The Labute approximate surface area is 114 Å². The molecular weight excluding hydrogens is 248 g/mol. The molecule has 0 aromatic carbocycles. The van der Waals surface area contributed by atoms with Crippen molar-refractivity contribution in [1.82, 2.24) is 0 Å². The monoisotopic (exact) mass is 272 g/mol. The number of hydrogen-bond acceptors (Lipinski definition) is 4.